The van der Waals surface area contributed by atoms with Crippen LogP contribution in [0.2, 0.25) is 0 Å². The van der Waals surface area contributed by atoms with Crippen LogP contribution in [0.1, 0.15) is 20.7 Å². The standard InChI is InChI=1S/C14H9N3O4/c15-13(18)8-1-3-9(4-2-8)14(19)16-10-5-6-11(16)12(7-10)17(20)21/h1-7H,(H2,15,18). The van der Waals surface area contributed by atoms with E-state index in [0.717, 1.165) is 0 Å². The SMILES string of the molecule is NC(=O)c1ccc(C(=O)n2c3ccc2c([N+](=O)[O-])c3)cc1. The summed E-state index contributed by atoms with van der Waals surface area (Å²) in [6.45, 7) is 0. The molecule has 104 valence electrons. The van der Waals surface area contributed by atoms with Crippen molar-refractivity contribution in [1.82, 2.24) is 4.57 Å². The second-order valence-electron chi connectivity index (χ2n) is 4.51. The summed E-state index contributed by atoms with van der Waals surface area (Å²) in [4.78, 5) is 33.8. The molecule has 3 rings (SSSR count). The van der Waals surface area contributed by atoms with Crippen LogP contribution in [0.5, 0.6) is 0 Å². The number of rotatable bonds is 3. The number of nitrogens with two attached hydrogens (primary N) is 1. The van der Waals surface area contributed by atoms with E-state index in [2.05, 4.69) is 0 Å². The molecule has 0 saturated carbocycles. The van der Waals surface area contributed by atoms with Crippen molar-refractivity contribution in [1.29, 1.82) is 0 Å². The van der Waals surface area contributed by atoms with E-state index in [1.807, 2.05) is 0 Å². The number of primary amides is 1. The van der Waals surface area contributed by atoms with E-state index in [-0.39, 0.29) is 11.2 Å². The number of non-ortho nitro benzene ring substituents is 1. The molecule has 2 heterocycles. The number of carbonyl (C=O) groups is 2. The average molecular weight is 283 g/mol. The van der Waals surface area contributed by atoms with Crippen molar-refractivity contribution in [3.63, 3.8) is 0 Å². The number of aromatic nitrogens is 1. The number of nitro benzene ring substituents is 1. The minimum atomic E-state index is -0.585. The molecule has 0 atom stereocenters. The maximum Gasteiger partial charge on any atom is 0.295 e. The number of hydrogen-bond donors (Lipinski definition) is 1. The number of hydrogen-bond acceptors (Lipinski definition) is 4. The summed E-state index contributed by atoms with van der Waals surface area (Å²) in [6.07, 6.45) is 0. The van der Waals surface area contributed by atoms with Gasteiger partial charge in [0.15, 0.2) is 0 Å². The van der Waals surface area contributed by atoms with Crippen molar-refractivity contribution >= 4 is 28.5 Å². The van der Waals surface area contributed by atoms with Crippen LogP contribution < -0.4 is 5.73 Å². The van der Waals surface area contributed by atoms with Crippen LogP contribution in [-0.2, 0) is 0 Å². The first kappa shape index (κ1) is 12.8. The fourth-order valence-electron chi connectivity index (χ4n) is 2.26. The molecule has 0 aliphatic rings. The van der Waals surface area contributed by atoms with Crippen LogP contribution in [-0.4, -0.2) is 21.3 Å². The van der Waals surface area contributed by atoms with Gasteiger partial charge in [-0.3, -0.25) is 24.3 Å². The van der Waals surface area contributed by atoms with Crippen LogP contribution in [0.3, 0.4) is 0 Å². The molecule has 2 bridgehead atoms. The molecule has 7 nitrogen and oxygen atoms in total. The monoisotopic (exact) mass is 283 g/mol. The van der Waals surface area contributed by atoms with Gasteiger partial charge < -0.3 is 5.73 Å². The molecule has 0 spiro atoms. The highest BCUT2D eigenvalue weighted by atomic mass is 16.6. The second-order valence-corrected chi connectivity index (χ2v) is 4.51. The lowest BCUT2D eigenvalue weighted by Crippen LogP contribution is -2.13. The Morgan fingerprint density at radius 3 is 2.19 bits per heavy atom. The van der Waals surface area contributed by atoms with Crippen molar-refractivity contribution in [2.45, 2.75) is 0 Å². The lowest BCUT2D eigenvalue weighted by Gasteiger charge is -2.03. The molecule has 2 N–H and O–H groups in total. The zero-order valence-corrected chi connectivity index (χ0v) is 10.6. The summed E-state index contributed by atoms with van der Waals surface area (Å²) < 4.78 is 1.28. The number of amides is 1. The van der Waals surface area contributed by atoms with Gasteiger partial charge in [0, 0.05) is 17.2 Å². The van der Waals surface area contributed by atoms with E-state index < -0.39 is 16.7 Å². The molecule has 7 heteroatoms. The van der Waals surface area contributed by atoms with Crippen LogP contribution in [0, 0.1) is 10.1 Å². The van der Waals surface area contributed by atoms with Gasteiger partial charge in [-0.15, -0.1) is 0 Å². The Labute approximate surface area is 118 Å². The van der Waals surface area contributed by atoms with Gasteiger partial charge in [-0.2, -0.15) is 0 Å². The number of nitrogens with zero attached hydrogens (tertiary/aromatic N) is 2. The summed E-state index contributed by atoms with van der Waals surface area (Å²) in [7, 11) is 0. The maximum absolute atomic E-state index is 12.4. The largest absolute Gasteiger partial charge is 0.366 e. The highest BCUT2D eigenvalue weighted by molar-refractivity contribution is 6.05. The van der Waals surface area contributed by atoms with Crippen molar-refractivity contribution in [2.24, 2.45) is 5.73 Å². The van der Waals surface area contributed by atoms with Gasteiger partial charge in [-0.05, 0) is 36.4 Å². The summed E-state index contributed by atoms with van der Waals surface area (Å²) >= 11 is 0. The first-order valence-corrected chi connectivity index (χ1v) is 6.02. The lowest BCUT2D eigenvalue weighted by molar-refractivity contribution is -0.383. The number of benzene rings is 2. The van der Waals surface area contributed by atoms with Gasteiger partial charge in [0.2, 0.25) is 5.91 Å². The van der Waals surface area contributed by atoms with Crippen molar-refractivity contribution in [3.05, 3.63) is 63.7 Å². The molecule has 0 fully saturated rings. The van der Waals surface area contributed by atoms with Crippen LogP contribution >= 0.6 is 0 Å². The Morgan fingerprint density at radius 2 is 1.67 bits per heavy atom. The molecule has 1 amide bonds. The molecule has 0 aliphatic heterocycles. The molecule has 3 aromatic rings. The van der Waals surface area contributed by atoms with E-state index in [4.69, 9.17) is 5.73 Å². The van der Waals surface area contributed by atoms with Crippen LogP contribution in [0.4, 0.5) is 5.69 Å². The smallest absolute Gasteiger partial charge is 0.295 e. The Bertz CT molecular complexity index is 864. The molecule has 0 radical (unpaired) electrons. The predicted molar refractivity (Wildman–Crippen MR) is 74.5 cm³/mol. The van der Waals surface area contributed by atoms with Crippen molar-refractivity contribution in [2.75, 3.05) is 0 Å². The van der Waals surface area contributed by atoms with E-state index in [9.17, 15) is 19.7 Å². The lowest BCUT2D eigenvalue weighted by atomic mass is 10.1. The molecular weight excluding hydrogens is 274 g/mol. The van der Waals surface area contributed by atoms with E-state index in [1.54, 1.807) is 6.07 Å². The Balaban J connectivity index is 2.04. The third kappa shape index (κ3) is 1.91. The molecule has 1 aromatic carbocycles. The summed E-state index contributed by atoms with van der Waals surface area (Å²) in [5.41, 5.74) is 6.34. The fourth-order valence-corrected chi connectivity index (χ4v) is 2.26. The number of carbonyl (C=O) groups excluding carboxylic acids is 2. The van der Waals surface area contributed by atoms with Gasteiger partial charge in [-0.1, -0.05) is 0 Å². The van der Waals surface area contributed by atoms with Gasteiger partial charge in [0.1, 0.15) is 5.52 Å². The number of fused-ring (bicyclic) bond motifs is 2. The summed E-state index contributed by atoms with van der Waals surface area (Å²) in [6, 6.07) is 10.3. The van der Waals surface area contributed by atoms with Gasteiger partial charge >= 0.3 is 0 Å². The quantitative estimate of drug-likeness (QED) is 0.583. The fraction of sp³-hybridized carbons (Fsp3) is 0. The summed E-state index contributed by atoms with van der Waals surface area (Å²) in [5, 5.41) is 10.9. The topological polar surface area (TPSA) is 108 Å². The maximum atomic E-state index is 12.4. The van der Waals surface area contributed by atoms with Crippen LogP contribution in [0.15, 0.2) is 42.5 Å². The molecule has 0 unspecified atom stereocenters. The highest BCUT2D eigenvalue weighted by Gasteiger charge is 2.24. The van der Waals surface area contributed by atoms with Crippen molar-refractivity contribution in [3.8, 4) is 0 Å². The normalized spacial score (nSPS) is 10.9. The third-order valence-corrected chi connectivity index (χ3v) is 3.27. The van der Waals surface area contributed by atoms with E-state index in [0.29, 0.717) is 16.6 Å². The molecule has 0 saturated heterocycles. The van der Waals surface area contributed by atoms with Gasteiger partial charge in [-0.25, -0.2) is 0 Å². The molecule has 0 aliphatic carbocycles. The summed E-state index contributed by atoms with van der Waals surface area (Å²) in [5.74, 6) is -0.980. The van der Waals surface area contributed by atoms with Gasteiger partial charge in [0.05, 0.1) is 10.4 Å². The third-order valence-electron chi connectivity index (χ3n) is 3.27. The Kier molecular flexibility index (Phi) is 2.69. The minimum absolute atomic E-state index is 0.102. The molecule has 2 aromatic heterocycles. The molecule has 21 heavy (non-hydrogen) atoms. The minimum Gasteiger partial charge on any atom is -0.366 e. The first-order chi connectivity index (χ1) is 9.99. The zero-order chi connectivity index (χ0) is 15.1. The average Bonchev–Trinajstić information content (AvgIpc) is 3.04. The predicted octanol–water partition coefficient (Wildman–Crippen LogP) is 1.77. The number of nitro groups is 1. The van der Waals surface area contributed by atoms with E-state index >= 15 is 0 Å². The zero-order valence-electron chi connectivity index (χ0n) is 10.6. The molecular formula is C14H9N3O4. The van der Waals surface area contributed by atoms with Crippen molar-refractivity contribution < 1.29 is 14.5 Å². The first-order valence-electron chi connectivity index (χ1n) is 6.02. The Hall–Kier alpha value is -3.22. The second kappa shape index (κ2) is 4.41. The highest BCUT2D eigenvalue weighted by Crippen LogP contribution is 2.29. The van der Waals surface area contributed by atoms with Crippen LogP contribution in [0.25, 0.3) is 11.0 Å². The van der Waals surface area contributed by atoms with Gasteiger partial charge in [0.25, 0.3) is 11.6 Å². The van der Waals surface area contributed by atoms with E-state index in [1.165, 1.54) is 41.0 Å². The Morgan fingerprint density at radius 1 is 1.05 bits per heavy atom.